The van der Waals surface area contributed by atoms with Gasteiger partial charge in [-0.15, -0.1) is 0 Å². The highest BCUT2D eigenvalue weighted by molar-refractivity contribution is 5.81. The summed E-state index contributed by atoms with van der Waals surface area (Å²) in [7, 11) is 0. The van der Waals surface area contributed by atoms with E-state index in [1.165, 1.54) is 0 Å². The topological polar surface area (TPSA) is 67.8 Å². The second-order valence-electron chi connectivity index (χ2n) is 7.39. The van der Waals surface area contributed by atoms with Crippen molar-refractivity contribution in [1.82, 2.24) is 14.9 Å². The van der Waals surface area contributed by atoms with Crippen LogP contribution in [0.4, 0.5) is 5.95 Å². The zero-order chi connectivity index (χ0) is 17.1. The van der Waals surface area contributed by atoms with Crippen molar-refractivity contribution in [2.75, 3.05) is 50.9 Å². The molecule has 1 aromatic rings. The minimum Gasteiger partial charge on any atom is -0.379 e. The molecule has 2 atom stereocenters. The maximum atomic E-state index is 12.8. The van der Waals surface area contributed by atoms with E-state index in [2.05, 4.69) is 14.9 Å². The fourth-order valence-corrected chi connectivity index (χ4v) is 4.24. The molecular formula is C18H26N4O3. The average molecular weight is 346 g/mol. The first kappa shape index (κ1) is 16.7. The van der Waals surface area contributed by atoms with Crippen LogP contribution in [-0.4, -0.2) is 72.9 Å². The van der Waals surface area contributed by atoms with E-state index in [1.54, 1.807) is 12.4 Å². The molecule has 7 heteroatoms. The Morgan fingerprint density at radius 3 is 2.84 bits per heavy atom. The number of piperidine rings is 1. The molecule has 0 N–H and O–H groups in total. The SMILES string of the molecule is O=C([C@H]1CCCO1)N1CCC[C@@]2(COCCN(c3ncccn3)C2)C1. The molecular weight excluding hydrogens is 320 g/mol. The van der Waals surface area contributed by atoms with Crippen LogP contribution >= 0.6 is 0 Å². The average Bonchev–Trinajstić information content (AvgIpc) is 3.12. The number of likely N-dealkylation sites (tertiary alicyclic amines) is 1. The highest BCUT2D eigenvalue weighted by atomic mass is 16.5. The van der Waals surface area contributed by atoms with Crippen molar-refractivity contribution >= 4 is 11.9 Å². The van der Waals surface area contributed by atoms with Crippen LogP contribution in [0.3, 0.4) is 0 Å². The second kappa shape index (κ2) is 7.25. The fraction of sp³-hybridized carbons (Fsp3) is 0.722. The van der Waals surface area contributed by atoms with Gasteiger partial charge >= 0.3 is 0 Å². The molecule has 0 radical (unpaired) electrons. The minimum absolute atomic E-state index is 0.0534. The number of amides is 1. The number of nitrogens with zero attached hydrogens (tertiary/aromatic N) is 4. The predicted octanol–water partition coefficient (Wildman–Crippen LogP) is 1.10. The van der Waals surface area contributed by atoms with E-state index in [-0.39, 0.29) is 17.4 Å². The smallest absolute Gasteiger partial charge is 0.251 e. The lowest BCUT2D eigenvalue weighted by Crippen LogP contribution is -2.54. The van der Waals surface area contributed by atoms with Gasteiger partial charge in [0.15, 0.2) is 0 Å². The highest BCUT2D eigenvalue weighted by Gasteiger charge is 2.42. The molecule has 0 aromatic carbocycles. The number of anilines is 1. The minimum atomic E-state index is -0.240. The van der Waals surface area contributed by atoms with Crippen LogP contribution in [0.25, 0.3) is 0 Å². The van der Waals surface area contributed by atoms with Crippen molar-refractivity contribution in [1.29, 1.82) is 0 Å². The van der Waals surface area contributed by atoms with Gasteiger partial charge in [-0.1, -0.05) is 0 Å². The van der Waals surface area contributed by atoms with Crippen LogP contribution in [0.15, 0.2) is 18.5 Å². The van der Waals surface area contributed by atoms with Gasteiger partial charge < -0.3 is 19.3 Å². The fourth-order valence-electron chi connectivity index (χ4n) is 4.24. The third-order valence-corrected chi connectivity index (χ3v) is 5.45. The zero-order valence-electron chi connectivity index (χ0n) is 14.6. The van der Waals surface area contributed by atoms with Crippen molar-refractivity contribution < 1.29 is 14.3 Å². The van der Waals surface area contributed by atoms with Gasteiger partial charge in [-0.25, -0.2) is 9.97 Å². The Bertz CT molecular complexity index is 593. The van der Waals surface area contributed by atoms with E-state index >= 15 is 0 Å². The molecule has 3 saturated heterocycles. The first-order chi connectivity index (χ1) is 12.3. The maximum Gasteiger partial charge on any atom is 0.251 e. The van der Waals surface area contributed by atoms with Crippen LogP contribution in [0.2, 0.25) is 0 Å². The Morgan fingerprint density at radius 2 is 2.04 bits per heavy atom. The van der Waals surface area contributed by atoms with Gasteiger partial charge in [0, 0.05) is 50.6 Å². The Hall–Kier alpha value is -1.73. The van der Waals surface area contributed by atoms with Crippen molar-refractivity contribution in [3.63, 3.8) is 0 Å². The summed E-state index contributed by atoms with van der Waals surface area (Å²) in [5.74, 6) is 0.901. The lowest BCUT2D eigenvalue weighted by molar-refractivity contribution is -0.145. The Labute approximate surface area is 148 Å². The number of hydrogen-bond donors (Lipinski definition) is 0. The maximum absolute atomic E-state index is 12.8. The summed E-state index contributed by atoms with van der Waals surface area (Å²) in [6, 6.07) is 1.83. The zero-order valence-corrected chi connectivity index (χ0v) is 14.6. The molecule has 1 spiro atoms. The molecule has 0 bridgehead atoms. The van der Waals surface area contributed by atoms with Crippen LogP contribution in [0, 0.1) is 5.41 Å². The van der Waals surface area contributed by atoms with Gasteiger partial charge in [-0.3, -0.25) is 4.79 Å². The van der Waals surface area contributed by atoms with Gasteiger partial charge in [0.2, 0.25) is 5.95 Å². The van der Waals surface area contributed by atoms with Gasteiger partial charge in [-0.2, -0.15) is 0 Å². The highest BCUT2D eigenvalue weighted by Crippen LogP contribution is 2.34. The van der Waals surface area contributed by atoms with E-state index in [4.69, 9.17) is 9.47 Å². The monoisotopic (exact) mass is 346 g/mol. The number of carbonyl (C=O) groups excluding carboxylic acids is 1. The number of ether oxygens (including phenoxy) is 2. The van der Waals surface area contributed by atoms with Gasteiger partial charge in [0.25, 0.3) is 5.91 Å². The van der Waals surface area contributed by atoms with Crippen molar-refractivity contribution in [2.24, 2.45) is 5.41 Å². The molecule has 3 aliphatic heterocycles. The molecule has 0 unspecified atom stereocenters. The van der Waals surface area contributed by atoms with Crippen LogP contribution in [0.1, 0.15) is 25.7 Å². The first-order valence-electron chi connectivity index (χ1n) is 9.26. The second-order valence-corrected chi connectivity index (χ2v) is 7.39. The molecule has 1 aromatic heterocycles. The largest absolute Gasteiger partial charge is 0.379 e. The quantitative estimate of drug-likeness (QED) is 0.799. The Kier molecular flexibility index (Phi) is 4.85. The van der Waals surface area contributed by atoms with E-state index in [9.17, 15) is 4.79 Å². The number of aromatic nitrogens is 2. The summed E-state index contributed by atoms with van der Waals surface area (Å²) in [5.41, 5.74) is -0.0534. The van der Waals surface area contributed by atoms with Gasteiger partial charge in [0.05, 0.1) is 13.2 Å². The molecule has 25 heavy (non-hydrogen) atoms. The van der Waals surface area contributed by atoms with Crippen molar-refractivity contribution in [3.05, 3.63) is 18.5 Å². The normalized spacial score (nSPS) is 30.5. The number of carbonyl (C=O) groups is 1. The van der Waals surface area contributed by atoms with Crippen molar-refractivity contribution in [2.45, 2.75) is 31.8 Å². The Balaban J connectivity index is 1.49. The molecule has 136 valence electrons. The lowest BCUT2D eigenvalue weighted by Gasteiger charge is -2.44. The molecule has 4 rings (SSSR count). The van der Waals surface area contributed by atoms with Crippen LogP contribution < -0.4 is 4.90 Å². The summed E-state index contributed by atoms with van der Waals surface area (Å²) < 4.78 is 11.5. The lowest BCUT2D eigenvalue weighted by atomic mass is 9.80. The molecule has 3 aliphatic rings. The molecule has 1 amide bonds. The van der Waals surface area contributed by atoms with Gasteiger partial charge in [0.1, 0.15) is 6.10 Å². The molecule has 0 saturated carbocycles. The molecule has 3 fully saturated rings. The third-order valence-electron chi connectivity index (χ3n) is 5.45. The third kappa shape index (κ3) is 3.62. The van der Waals surface area contributed by atoms with Gasteiger partial charge in [-0.05, 0) is 31.7 Å². The summed E-state index contributed by atoms with van der Waals surface area (Å²) in [6.45, 7) is 5.22. The summed E-state index contributed by atoms with van der Waals surface area (Å²) >= 11 is 0. The summed E-state index contributed by atoms with van der Waals surface area (Å²) in [5, 5.41) is 0. The summed E-state index contributed by atoms with van der Waals surface area (Å²) in [6.07, 6.45) is 7.21. The molecule has 7 nitrogen and oxygen atoms in total. The summed E-state index contributed by atoms with van der Waals surface area (Å²) in [4.78, 5) is 25.8. The van der Waals surface area contributed by atoms with E-state index in [0.29, 0.717) is 19.8 Å². The molecule has 0 aliphatic carbocycles. The first-order valence-corrected chi connectivity index (χ1v) is 9.26. The standard InChI is InChI=1S/C18H26N4O3/c23-16(15-4-1-10-25-15)21-8-2-5-18(12-21)13-22(9-11-24-14-18)17-19-6-3-7-20-17/h3,6-7,15H,1-2,4-5,8-14H2/t15-,18-/m1/s1. The number of rotatable bonds is 2. The Morgan fingerprint density at radius 1 is 1.16 bits per heavy atom. The van der Waals surface area contributed by atoms with Crippen LogP contribution in [-0.2, 0) is 14.3 Å². The predicted molar refractivity (Wildman–Crippen MR) is 92.3 cm³/mol. The van der Waals surface area contributed by atoms with E-state index in [1.807, 2.05) is 11.0 Å². The van der Waals surface area contributed by atoms with Crippen molar-refractivity contribution in [3.8, 4) is 0 Å². The van der Waals surface area contributed by atoms with E-state index in [0.717, 1.165) is 57.8 Å². The number of hydrogen-bond acceptors (Lipinski definition) is 6. The molecule has 4 heterocycles. The van der Waals surface area contributed by atoms with E-state index < -0.39 is 0 Å². The van der Waals surface area contributed by atoms with Crippen LogP contribution in [0.5, 0.6) is 0 Å².